The number of nitrogens with one attached hydrogen (secondary N) is 2. The van der Waals surface area contributed by atoms with E-state index in [0.717, 1.165) is 22.5 Å². The second-order valence-electron chi connectivity index (χ2n) is 7.34. The predicted octanol–water partition coefficient (Wildman–Crippen LogP) is 3.42. The normalized spacial score (nSPS) is 14.5. The molecule has 2 N–H and O–H groups in total. The summed E-state index contributed by atoms with van der Waals surface area (Å²) in [6, 6.07) is 14.2. The first kappa shape index (κ1) is 20.3. The van der Waals surface area contributed by atoms with E-state index in [-0.39, 0.29) is 10.8 Å². The fourth-order valence-corrected chi connectivity index (χ4v) is 5.07. The number of rotatable bonds is 6. The van der Waals surface area contributed by atoms with E-state index in [4.69, 9.17) is 0 Å². The Labute approximate surface area is 176 Å². The van der Waals surface area contributed by atoms with E-state index in [1.165, 1.54) is 6.92 Å². The van der Waals surface area contributed by atoms with Crippen LogP contribution in [0.25, 0.3) is 11.3 Å². The molecule has 0 fully saturated rings. The van der Waals surface area contributed by atoms with Crippen molar-refractivity contribution in [1.29, 1.82) is 0 Å². The van der Waals surface area contributed by atoms with Gasteiger partial charge in [0.25, 0.3) is 0 Å². The van der Waals surface area contributed by atoms with Gasteiger partial charge in [0.1, 0.15) is 5.82 Å². The molecule has 0 saturated carbocycles. The molecule has 1 atom stereocenters. The molecule has 1 amide bonds. The molecule has 0 saturated heterocycles. The van der Waals surface area contributed by atoms with Crippen LogP contribution >= 0.6 is 0 Å². The molecular formula is C22H24N4O3S. The van der Waals surface area contributed by atoms with Gasteiger partial charge in [-0.25, -0.2) is 18.1 Å². The van der Waals surface area contributed by atoms with Gasteiger partial charge < -0.3 is 9.88 Å². The van der Waals surface area contributed by atoms with Gasteiger partial charge in [0.05, 0.1) is 22.8 Å². The van der Waals surface area contributed by atoms with E-state index in [2.05, 4.69) is 14.7 Å². The molecule has 1 unspecified atom stereocenters. The van der Waals surface area contributed by atoms with Gasteiger partial charge in [-0.3, -0.25) is 4.79 Å². The number of fused-ring (bicyclic) bond motifs is 1. The van der Waals surface area contributed by atoms with Gasteiger partial charge in [0.2, 0.25) is 15.9 Å². The van der Waals surface area contributed by atoms with Gasteiger partial charge in [-0.15, -0.1) is 0 Å². The lowest BCUT2D eigenvalue weighted by Crippen LogP contribution is -2.29. The number of benzene rings is 2. The molecule has 30 heavy (non-hydrogen) atoms. The standard InChI is InChI=1S/C22H24N4O3S/c1-3-19(22-23-14-20(24-22)16-7-5-4-6-8-16)25-30(28,29)18-9-10-21-17(13-18)11-12-26(21)15(2)27/h4-10,13-14,19,25H,3,11-12H2,1-2H3,(H,23,24). The summed E-state index contributed by atoms with van der Waals surface area (Å²) in [6.07, 6.45) is 2.91. The predicted molar refractivity (Wildman–Crippen MR) is 116 cm³/mol. The lowest BCUT2D eigenvalue weighted by Gasteiger charge is -2.17. The number of anilines is 1. The van der Waals surface area contributed by atoms with Gasteiger partial charge in [-0.1, -0.05) is 37.3 Å². The zero-order valence-electron chi connectivity index (χ0n) is 16.9. The Kier molecular flexibility index (Phi) is 5.44. The van der Waals surface area contributed by atoms with E-state index in [9.17, 15) is 13.2 Å². The highest BCUT2D eigenvalue weighted by molar-refractivity contribution is 7.89. The van der Waals surface area contributed by atoms with Crippen molar-refractivity contribution in [2.75, 3.05) is 11.4 Å². The number of aromatic nitrogens is 2. The summed E-state index contributed by atoms with van der Waals surface area (Å²) < 4.78 is 28.8. The van der Waals surface area contributed by atoms with E-state index in [1.807, 2.05) is 37.3 Å². The fraction of sp³-hybridized carbons (Fsp3) is 0.273. The van der Waals surface area contributed by atoms with Crippen LogP contribution in [0.1, 0.15) is 37.7 Å². The summed E-state index contributed by atoms with van der Waals surface area (Å²) in [6.45, 7) is 4.00. The number of H-pyrrole nitrogens is 1. The first-order valence-corrected chi connectivity index (χ1v) is 11.4. The van der Waals surface area contributed by atoms with Crippen LogP contribution in [0.3, 0.4) is 0 Å². The van der Waals surface area contributed by atoms with Crippen molar-refractivity contribution in [2.24, 2.45) is 0 Å². The number of hydrogen-bond acceptors (Lipinski definition) is 4. The summed E-state index contributed by atoms with van der Waals surface area (Å²) in [5.74, 6) is 0.532. The van der Waals surface area contributed by atoms with Crippen molar-refractivity contribution in [3.63, 3.8) is 0 Å². The smallest absolute Gasteiger partial charge is 0.241 e. The van der Waals surface area contributed by atoms with Crippen LogP contribution in [0.4, 0.5) is 5.69 Å². The third-order valence-electron chi connectivity index (χ3n) is 5.35. The van der Waals surface area contributed by atoms with Crippen LogP contribution in [-0.2, 0) is 21.2 Å². The first-order chi connectivity index (χ1) is 14.4. The third kappa shape index (κ3) is 3.88. The van der Waals surface area contributed by atoms with Crippen LogP contribution in [0.15, 0.2) is 59.6 Å². The minimum absolute atomic E-state index is 0.0411. The highest BCUT2D eigenvalue weighted by Crippen LogP contribution is 2.31. The molecule has 8 heteroatoms. The number of sulfonamides is 1. The quantitative estimate of drug-likeness (QED) is 0.634. The van der Waals surface area contributed by atoms with Crippen LogP contribution in [0, 0.1) is 0 Å². The molecule has 2 heterocycles. The van der Waals surface area contributed by atoms with Crippen LogP contribution in [0.2, 0.25) is 0 Å². The van der Waals surface area contributed by atoms with Crippen molar-refractivity contribution in [3.8, 4) is 11.3 Å². The number of carbonyl (C=O) groups excluding carboxylic acids is 1. The molecule has 3 aromatic rings. The summed E-state index contributed by atoms with van der Waals surface area (Å²) in [5, 5.41) is 0. The summed E-state index contributed by atoms with van der Waals surface area (Å²) >= 11 is 0. The molecule has 0 aliphatic carbocycles. The highest BCUT2D eigenvalue weighted by atomic mass is 32.2. The summed E-state index contributed by atoms with van der Waals surface area (Å²) in [4.78, 5) is 21.2. The monoisotopic (exact) mass is 424 g/mol. The molecule has 1 aliphatic heterocycles. The number of carbonyl (C=O) groups is 1. The Bertz CT molecular complexity index is 1170. The lowest BCUT2D eigenvalue weighted by molar-refractivity contribution is -0.116. The topological polar surface area (TPSA) is 95.2 Å². The van der Waals surface area contributed by atoms with E-state index in [1.54, 1.807) is 29.3 Å². The van der Waals surface area contributed by atoms with Crippen LogP contribution in [-0.4, -0.2) is 30.8 Å². The van der Waals surface area contributed by atoms with Gasteiger partial charge in [0.15, 0.2) is 0 Å². The van der Waals surface area contributed by atoms with Crippen molar-refractivity contribution >= 4 is 21.6 Å². The minimum atomic E-state index is -3.75. The molecule has 0 bridgehead atoms. The van der Waals surface area contributed by atoms with Gasteiger partial charge in [0, 0.05) is 19.2 Å². The van der Waals surface area contributed by atoms with Crippen LogP contribution < -0.4 is 9.62 Å². The molecule has 0 radical (unpaired) electrons. The Hall–Kier alpha value is -2.97. The van der Waals surface area contributed by atoms with Crippen molar-refractivity contribution in [3.05, 3.63) is 66.1 Å². The van der Waals surface area contributed by atoms with E-state index < -0.39 is 16.1 Å². The Balaban J connectivity index is 1.57. The van der Waals surface area contributed by atoms with Crippen molar-refractivity contribution < 1.29 is 13.2 Å². The zero-order chi connectivity index (χ0) is 21.3. The first-order valence-electron chi connectivity index (χ1n) is 9.92. The second kappa shape index (κ2) is 8.04. The molecule has 2 aromatic carbocycles. The number of hydrogen-bond donors (Lipinski definition) is 2. The number of nitrogens with zero attached hydrogens (tertiary/aromatic N) is 2. The Morgan fingerprint density at radius 3 is 2.70 bits per heavy atom. The molecule has 0 spiro atoms. The molecule has 156 valence electrons. The SMILES string of the molecule is CCC(NS(=O)(=O)c1ccc2c(c1)CCN2C(C)=O)c1ncc(-c2ccccc2)[nH]1. The second-order valence-corrected chi connectivity index (χ2v) is 9.06. The van der Waals surface area contributed by atoms with Gasteiger partial charge in [-0.2, -0.15) is 0 Å². The maximum atomic E-state index is 13.0. The maximum absolute atomic E-state index is 13.0. The number of amides is 1. The van der Waals surface area contributed by atoms with Crippen molar-refractivity contribution in [1.82, 2.24) is 14.7 Å². The highest BCUT2D eigenvalue weighted by Gasteiger charge is 2.27. The Morgan fingerprint density at radius 2 is 2.00 bits per heavy atom. The molecule has 1 aromatic heterocycles. The average molecular weight is 425 g/mol. The molecule has 4 rings (SSSR count). The van der Waals surface area contributed by atoms with E-state index >= 15 is 0 Å². The minimum Gasteiger partial charge on any atom is -0.341 e. The summed E-state index contributed by atoms with van der Waals surface area (Å²) in [5.41, 5.74) is 3.48. The summed E-state index contributed by atoms with van der Waals surface area (Å²) in [7, 11) is -3.75. The third-order valence-corrected chi connectivity index (χ3v) is 6.82. The lowest BCUT2D eigenvalue weighted by atomic mass is 10.2. The van der Waals surface area contributed by atoms with Gasteiger partial charge in [-0.05, 0) is 42.2 Å². The number of imidazole rings is 1. The number of aromatic amines is 1. The van der Waals surface area contributed by atoms with Crippen molar-refractivity contribution in [2.45, 2.75) is 37.6 Å². The fourth-order valence-electron chi connectivity index (χ4n) is 3.74. The largest absolute Gasteiger partial charge is 0.341 e. The van der Waals surface area contributed by atoms with Gasteiger partial charge >= 0.3 is 0 Å². The molecule has 7 nitrogen and oxygen atoms in total. The van der Waals surface area contributed by atoms with E-state index in [0.29, 0.717) is 25.2 Å². The molecular weight excluding hydrogens is 400 g/mol. The maximum Gasteiger partial charge on any atom is 0.241 e. The zero-order valence-corrected chi connectivity index (χ0v) is 17.7. The molecule has 1 aliphatic rings. The Morgan fingerprint density at radius 1 is 1.23 bits per heavy atom. The van der Waals surface area contributed by atoms with Crippen LogP contribution in [0.5, 0.6) is 0 Å². The average Bonchev–Trinajstić information content (AvgIpc) is 3.39.